The molecule has 2 aromatic rings. The molecule has 0 saturated heterocycles. The molecular formula is C19H19NO2. The lowest BCUT2D eigenvalue weighted by atomic mass is 9.92. The number of ketones is 1. The number of allylic oxidation sites excluding steroid dienone is 1. The minimum absolute atomic E-state index is 0.0702. The average Bonchev–Trinajstić information content (AvgIpc) is 2.89. The number of benzene rings is 2. The van der Waals surface area contributed by atoms with E-state index >= 15 is 0 Å². The van der Waals surface area contributed by atoms with Crippen LogP contribution < -0.4 is 5.32 Å². The van der Waals surface area contributed by atoms with Crippen LogP contribution in [0.3, 0.4) is 0 Å². The molecule has 1 aliphatic rings. The predicted octanol–water partition coefficient (Wildman–Crippen LogP) is 3.44. The van der Waals surface area contributed by atoms with Crippen molar-refractivity contribution in [3.63, 3.8) is 0 Å². The molecule has 0 heterocycles. The first kappa shape index (κ1) is 14.5. The van der Waals surface area contributed by atoms with Crippen molar-refractivity contribution < 1.29 is 9.90 Å². The van der Waals surface area contributed by atoms with Crippen LogP contribution in [-0.2, 0) is 4.79 Å². The Hall–Kier alpha value is -2.39. The fourth-order valence-electron chi connectivity index (χ4n) is 2.83. The highest BCUT2D eigenvalue weighted by Gasteiger charge is 2.31. The number of carbonyl (C=O) groups excluding carboxylic acids is 1. The summed E-state index contributed by atoms with van der Waals surface area (Å²) < 4.78 is 0. The molecule has 0 spiro atoms. The lowest BCUT2D eigenvalue weighted by Crippen LogP contribution is -2.26. The van der Waals surface area contributed by atoms with Gasteiger partial charge in [0, 0.05) is 5.69 Å². The maximum absolute atomic E-state index is 12.2. The highest BCUT2D eigenvalue weighted by Crippen LogP contribution is 2.30. The van der Waals surface area contributed by atoms with Crippen LogP contribution in [-0.4, -0.2) is 16.9 Å². The van der Waals surface area contributed by atoms with Crippen molar-refractivity contribution in [2.75, 3.05) is 5.32 Å². The Morgan fingerprint density at radius 2 is 1.86 bits per heavy atom. The van der Waals surface area contributed by atoms with Crippen LogP contribution >= 0.6 is 0 Å². The largest absolute Gasteiger partial charge is 0.389 e. The summed E-state index contributed by atoms with van der Waals surface area (Å²) in [5.41, 5.74) is 2.78. The van der Waals surface area contributed by atoms with E-state index in [1.807, 2.05) is 60.7 Å². The summed E-state index contributed by atoms with van der Waals surface area (Å²) in [7, 11) is 0. The quantitative estimate of drug-likeness (QED) is 0.908. The number of aliphatic hydroxyl groups is 1. The summed E-state index contributed by atoms with van der Waals surface area (Å²) in [4.78, 5) is 12.2. The molecule has 3 heteroatoms. The third-order valence-electron chi connectivity index (χ3n) is 3.99. The second-order valence-corrected chi connectivity index (χ2v) is 5.62. The van der Waals surface area contributed by atoms with Gasteiger partial charge in [-0.3, -0.25) is 4.79 Å². The van der Waals surface area contributed by atoms with Crippen LogP contribution in [0.2, 0.25) is 0 Å². The van der Waals surface area contributed by atoms with Crippen molar-refractivity contribution in [1.82, 2.24) is 0 Å². The maximum atomic E-state index is 12.2. The van der Waals surface area contributed by atoms with E-state index in [1.165, 1.54) is 0 Å². The zero-order valence-electron chi connectivity index (χ0n) is 12.4. The van der Waals surface area contributed by atoms with Crippen LogP contribution in [0.1, 0.15) is 30.1 Å². The minimum atomic E-state index is -0.507. The van der Waals surface area contributed by atoms with E-state index in [-0.39, 0.29) is 17.7 Å². The van der Waals surface area contributed by atoms with Crippen LogP contribution in [0.25, 0.3) is 0 Å². The molecule has 0 aliphatic heterocycles. The summed E-state index contributed by atoms with van der Waals surface area (Å²) in [5, 5.41) is 13.1. The summed E-state index contributed by atoms with van der Waals surface area (Å²) in [6, 6.07) is 17.4. The smallest absolute Gasteiger partial charge is 0.165 e. The molecule has 3 atom stereocenters. The lowest BCUT2D eigenvalue weighted by molar-refractivity contribution is -0.115. The van der Waals surface area contributed by atoms with Crippen molar-refractivity contribution in [3.05, 3.63) is 77.9 Å². The molecule has 112 valence electrons. The van der Waals surface area contributed by atoms with Gasteiger partial charge >= 0.3 is 0 Å². The number of anilines is 1. The summed E-state index contributed by atoms with van der Waals surface area (Å²) in [6.45, 7) is 1.74. The molecule has 3 rings (SSSR count). The Morgan fingerprint density at radius 3 is 2.59 bits per heavy atom. The van der Waals surface area contributed by atoms with Crippen LogP contribution in [0.15, 0.2) is 66.7 Å². The van der Waals surface area contributed by atoms with Gasteiger partial charge in [0.05, 0.1) is 18.1 Å². The van der Waals surface area contributed by atoms with E-state index in [4.69, 9.17) is 0 Å². The van der Waals surface area contributed by atoms with Gasteiger partial charge in [-0.05, 0) is 36.3 Å². The number of nitrogens with one attached hydrogen (secondary N) is 1. The van der Waals surface area contributed by atoms with Crippen LogP contribution in [0, 0.1) is 0 Å². The van der Waals surface area contributed by atoms with Crippen molar-refractivity contribution in [2.24, 2.45) is 0 Å². The third-order valence-corrected chi connectivity index (χ3v) is 3.99. The standard InChI is InChI=1S/C19H19NO2/c1-13(21)15-8-5-9-16(12-15)20-17-10-11-18(22)19(17)14-6-3-2-4-7-14/h2-13,17,19-21H,1H3/t13?,17-,19+/m1/s1. The van der Waals surface area contributed by atoms with Crippen molar-refractivity contribution in [2.45, 2.75) is 25.0 Å². The minimum Gasteiger partial charge on any atom is -0.389 e. The first-order chi connectivity index (χ1) is 10.6. The Balaban J connectivity index is 1.83. The predicted molar refractivity (Wildman–Crippen MR) is 87.8 cm³/mol. The first-order valence-electron chi connectivity index (χ1n) is 7.47. The van der Waals surface area contributed by atoms with E-state index < -0.39 is 6.10 Å². The fraction of sp³-hybridized carbons (Fsp3) is 0.211. The van der Waals surface area contributed by atoms with E-state index in [1.54, 1.807) is 13.0 Å². The zero-order chi connectivity index (χ0) is 15.5. The molecule has 0 fully saturated rings. The third kappa shape index (κ3) is 2.95. The SMILES string of the molecule is CC(O)c1cccc(N[C@@H]2C=CC(=O)[C@H]2c2ccccc2)c1. The number of hydrogen-bond donors (Lipinski definition) is 2. The molecule has 3 nitrogen and oxygen atoms in total. The Morgan fingerprint density at radius 1 is 1.09 bits per heavy atom. The van der Waals surface area contributed by atoms with Gasteiger partial charge in [0.2, 0.25) is 0 Å². The van der Waals surface area contributed by atoms with E-state index in [0.29, 0.717) is 0 Å². The number of carbonyl (C=O) groups is 1. The Labute approximate surface area is 130 Å². The molecule has 1 aliphatic carbocycles. The molecule has 22 heavy (non-hydrogen) atoms. The van der Waals surface area contributed by atoms with Gasteiger partial charge in [-0.1, -0.05) is 48.5 Å². The van der Waals surface area contributed by atoms with Gasteiger partial charge < -0.3 is 10.4 Å². The van der Waals surface area contributed by atoms with Gasteiger partial charge in [-0.15, -0.1) is 0 Å². The van der Waals surface area contributed by atoms with Crippen molar-refractivity contribution >= 4 is 11.5 Å². The first-order valence-corrected chi connectivity index (χ1v) is 7.47. The lowest BCUT2D eigenvalue weighted by Gasteiger charge is -2.21. The summed E-state index contributed by atoms with van der Waals surface area (Å²) in [5.74, 6) is -0.0770. The molecule has 0 aromatic heterocycles. The number of hydrogen-bond acceptors (Lipinski definition) is 3. The maximum Gasteiger partial charge on any atom is 0.165 e. The molecule has 2 aromatic carbocycles. The molecule has 0 radical (unpaired) electrons. The molecule has 0 saturated carbocycles. The van der Waals surface area contributed by atoms with E-state index in [2.05, 4.69) is 5.32 Å². The molecule has 0 amide bonds. The summed E-state index contributed by atoms with van der Waals surface area (Å²) in [6.07, 6.45) is 3.05. The second-order valence-electron chi connectivity index (χ2n) is 5.62. The van der Waals surface area contributed by atoms with Gasteiger partial charge in [-0.2, -0.15) is 0 Å². The highest BCUT2D eigenvalue weighted by molar-refractivity contribution is 5.99. The second kappa shape index (κ2) is 6.16. The monoisotopic (exact) mass is 293 g/mol. The molecular weight excluding hydrogens is 274 g/mol. The zero-order valence-corrected chi connectivity index (χ0v) is 12.4. The molecule has 2 N–H and O–H groups in total. The van der Waals surface area contributed by atoms with Crippen molar-refractivity contribution in [1.29, 1.82) is 0 Å². The Bertz CT molecular complexity index is 692. The van der Waals surface area contributed by atoms with Crippen LogP contribution in [0.5, 0.6) is 0 Å². The van der Waals surface area contributed by atoms with Gasteiger partial charge in [-0.25, -0.2) is 0 Å². The van der Waals surface area contributed by atoms with Gasteiger partial charge in [0.15, 0.2) is 5.78 Å². The van der Waals surface area contributed by atoms with E-state index in [0.717, 1.165) is 16.8 Å². The van der Waals surface area contributed by atoms with Gasteiger partial charge in [0.25, 0.3) is 0 Å². The Kier molecular flexibility index (Phi) is 4.07. The fourth-order valence-corrected chi connectivity index (χ4v) is 2.83. The summed E-state index contributed by atoms with van der Waals surface area (Å²) >= 11 is 0. The topological polar surface area (TPSA) is 49.3 Å². The number of aliphatic hydroxyl groups excluding tert-OH is 1. The van der Waals surface area contributed by atoms with Gasteiger partial charge in [0.1, 0.15) is 0 Å². The number of rotatable bonds is 4. The van der Waals surface area contributed by atoms with Crippen molar-refractivity contribution in [3.8, 4) is 0 Å². The van der Waals surface area contributed by atoms with E-state index in [9.17, 15) is 9.90 Å². The molecule has 0 bridgehead atoms. The normalized spacial score (nSPS) is 21.8. The average molecular weight is 293 g/mol. The highest BCUT2D eigenvalue weighted by atomic mass is 16.3. The molecule has 1 unspecified atom stereocenters. The van der Waals surface area contributed by atoms with Crippen LogP contribution in [0.4, 0.5) is 5.69 Å².